The van der Waals surface area contributed by atoms with E-state index >= 15 is 0 Å². The smallest absolute Gasteiger partial charge is 0.211 e. The SMILES string of the molecule is CCNC(=NCC(C)Oc1ccc(F)cc1)NCC1CCN(S(C)(=O)=O)CC1. The number of hydrogen-bond donors (Lipinski definition) is 2. The summed E-state index contributed by atoms with van der Waals surface area (Å²) in [5, 5.41) is 6.55. The molecule has 1 aliphatic rings. The summed E-state index contributed by atoms with van der Waals surface area (Å²) in [6.45, 7) is 7.00. The zero-order chi connectivity index (χ0) is 20.6. The van der Waals surface area contributed by atoms with Crippen molar-refractivity contribution in [1.29, 1.82) is 0 Å². The van der Waals surface area contributed by atoms with E-state index < -0.39 is 10.0 Å². The Bertz CT molecular complexity index is 732. The normalized spacial score (nSPS) is 17.9. The van der Waals surface area contributed by atoms with Gasteiger partial charge in [-0.1, -0.05) is 0 Å². The first kappa shape index (κ1) is 22.4. The summed E-state index contributed by atoms with van der Waals surface area (Å²) in [7, 11) is -3.09. The Balaban J connectivity index is 1.79. The van der Waals surface area contributed by atoms with Crippen LogP contribution in [0.1, 0.15) is 26.7 Å². The first-order valence-corrected chi connectivity index (χ1v) is 11.5. The first-order chi connectivity index (χ1) is 13.3. The molecule has 9 heteroatoms. The second-order valence-electron chi connectivity index (χ2n) is 7.09. The van der Waals surface area contributed by atoms with Crippen LogP contribution in [-0.4, -0.2) is 63.8 Å². The van der Waals surface area contributed by atoms with E-state index in [1.165, 1.54) is 22.7 Å². The van der Waals surface area contributed by atoms with E-state index in [1.807, 2.05) is 13.8 Å². The van der Waals surface area contributed by atoms with Crippen molar-refractivity contribution >= 4 is 16.0 Å². The third-order valence-electron chi connectivity index (χ3n) is 4.60. The van der Waals surface area contributed by atoms with Crippen molar-refractivity contribution in [3.63, 3.8) is 0 Å². The number of rotatable bonds is 8. The van der Waals surface area contributed by atoms with Gasteiger partial charge in [0.2, 0.25) is 10.0 Å². The number of nitrogens with one attached hydrogen (secondary N) is 2. The lowest BCUT2D eigenvalue weighted by Crippen LogP contribution is -2.44. The van der Waals surface area contributed by atoms with Crippen molar-refractivity contribution in [2.75, 3.05) is 39.0 Å². The summed E-state index contributed by atoms with van der Waals surface area (Å²) in [6, 6.07) is 5.93. The standard InChI is InChI=1S/C19H31FN4O3S/c1-4-21-19(22-13-15(2)27-18-7-5-17(20)6-8-18)23-14-16-9-11-24(12-10-16)28(3,25)26/h5-8,15-16H,4,9-14H2,1-3H3,(H2,21,22,23). The van der Waals surface area contributed by atoms with Gasteiger partial charge in [-0.25, -0.2) is 22.1 Å². The zero-order valence-corrected chi connectivity index (χ0v) is 17.6. The van der Waals surface area contributed by atoms with Crippen LogP contribution in [0.3, 0.4) is 0 Å². The number of halogens is 1. The van der Waals surface area contributed by atoms with Crippen LogP contribution in [0.4, 0.5) is 4.39 Å². The molecule has 2 rings (SSSR count). The van der Waals surface area contributed by atoms with Gasteiger partial charge in [0, 0.05) is 26.2 Å². The van der Waals surface area contributed by atoms with Gasteiger partial charge in [-0.2, -0.15) is 0 Å². The Morgan fingerprint density at radius 3 is 2.50 bits per heavy atom. The third-order valence-corrected chi connectivity index (χ3v) is 5.91. The molecule has 0 aromatic heterocycles. The molecule has 0 saturated carbocycles. The molecule has 0 radical (unpaired) electrons. The van der Waals surface area contributed by atoms with E-state index in [4.69, 9.17) is 4.74 Å². The van der Waals surface area contributed by atoms with Crippen molar-refractivity contribution in [3.8, 4) is 5.75 Å². The Kier molecular flexibility index (Phi) is 8.50. The topological polar surface area (TPSA) is 83.0 Å². The highest BCUT2D eigenvalue weighted by Crippen LogP contribution is 2.18. The van der Waals surface area contributed by atoms with Gasteiger partial charge in [0.25, 0.3) is 0 Å². The molecule has 1 aromatic rings. The van der Waals surface area contributed by atoms with E-state index in [9.17, 15) is 12.8 Å². The summed E-state index contributed by atoms with van der Waals surface area (Å²) in [4.78, 5) is 4.55. The lowest BCUT2D eigenvalue weighted by molar-refractivity contribution is 0.230. The molecule has 0 aliphatic carbocycles. The molecule has 0 spiro atoms. The lowest BCUT2D eigenvalue weighted by Gasteiger charge is -2.30. The maximum absolute atomic E-state index is 13.0. The number of guanidine groups is 1. The fourth-order valence-corrected chi connectivity index (χ4v) is 3.90. The van der Waals surface area contributed by atoms with Crippen molar-refractivity contribution in [2.45, 2.75) is 32.8 Å². The largest absolute Gasteiger partial charge is 0.489 e. The number of hydrogen-bond acceptors (Lipinski definition) is 4. The molecule has 1 aliphatic heterocycles. The highest BCUT2D eigenvalue weighted by molar-refractivity contribution is 7.88. The van der Waals surface area contributed by atoms with E-state index in [2.05, 4.69) is 15.6 Å². The molecule has 7 nitrogen and oxygen atoms in total. The van der Waals surface area contributed by atoms with Crippen LogP contribution < -0.4 is 15.4 Å². The third kappa shape index (κ3) is 7.63. The summed E-state index contributed by atoms with van der Waals surface area (Å²) >= 11 is 0. The van der Waals surface area contributed by atoms with Gasteiger partial charge >= 0.3 is 0 Å². The van der Waals surface area contributed by atoms with E-state index in [1.54, 1.807) is 12.1 Å². The second-order valence-corrected chi connectivity index (χ2v) is 9.07. The van der Waals surface area contributed by atoms with Gasteiger partial charge in [0.1, 0.15) is 17.7 Å². The number of sulfonamides is 1. The average molecular weight is 415 g/mol. The molecule has 0 amide bonds. The lowest BCUT2D eigenvalue weighted by atomic mass is 9.98. The molecule has 2 N–H and O–H groups in total. The molecule has 1 saturated heterocycles. The average Bonchev–Trinajstić information content (AvgIpc) is 2.65. The Hall–Kier alpha value is -1.87. The summed E-state index contributed by atoms with van der Waals surface area (Å²) < 4.78 is 43.4. The highest BCUT2D eigenvalue weighted by Gasteiger charge is 2.24. The highest BCUT2D eigenvalue weighted by atomic mass is 32.2. The van der Waals surface area contributed by atoms with Crippen LogP contribution in [0.15, 0.2) is 29.3 Å². The predicted octanol–water partition coefficient (Wildman–Crippen LogP) is 1.82. The minimum absolute atomic E-state index is 0.154. The van der Waals surface area contributed by atoms with Crippen LogP contribution in [0.5, 0.6) is 5.75 Å². The quantitative estimate of drug-likeness (QED) is 0.501. The molecule has 0 bridgehead atoms. The second kappa shape index (κ2) is 10.6. The number of benzene rings is 1. The minimum atomic E-state index is -3.09. The molecule has 1 aromatic carbocycles. The number of nitrogens with zero attached hydrogens (tertiary/aromatic N) is 2. The van der Waals surface area contributed by atoms with Crippen LogP contribution >= 0.6 is 0 Å². The summed E-state index contributed by atoms with van der Waals surface area (Å²) in [5.74, 6) is 1.44. The molecular formula is C19H31FN4O3S. The van der Waals surface area contributed by atoms with Gasteiger partial charge in [-0.05, 0) is 56.9 Å². The van der Waals surface area contributed by atoms with Crippen molar-refractivity contribution in [1.82, 2.24) is 14.9 Å². The predicted molar refractivity (Wildman–Crippen MR) is 110 cm³/mol. The zero-order valence-electron chi connectivity index (χ0n) is 16.8. The van der Waals surface area contributed by atoms with Gasteiger partial charge in [0.05, 0.1) is 12.8 Å². The number of piperidine rings is 1. The van der Waals surface area contributed by atoms with Gasteiger partial charge in [-0.15, -0.1) is 0 Å². The Morgan fingerprint density at radius 1 is 1.29 bits per heavy atom. The molecule has 1 fully saturated rings. The first-order valence-electron chi connectivity index (χ1n) is 9.67. The maximum atomic E-state index is 13.0. The fraction of sp³-hybridized carbons (Fsp3) is 0.632. The molecule has 1 unspecified atom stereocenters. The van der Waals surface area contributed by atoms with E-state index in [-0.39, 0.29) is 11.9 Å². The Labute approximate surface area is 167 Å². The van der Waals surface area contributed by atoms with Gasteiger partial charge in [-0.3, -0.25) is 0 Å². The number of aliphatic imine (C=N–C) groups is 1. The molecule has 28 heavy (non-hydrogen) atoms. The van der Waals surface area contributed by atoms with Crippen LogP contribution in [-0.2, 0) is 10.0 Å². The monoisotopic (exact) mass is 414 g/mol. The Morgan fingerprint density at radius 2 is 1.93 bits per heavy atom. The van der Waals surface area contributed by atoms with Crippen molar-refractivity contribution in [2.24, 2.45) is 10.9 Å². The maximum Gasteiger partial charge on any atom is 0.211 e. The summed E-state index contributed by atoms with van der Waals surface area (Å²) in [5.41, 5.74) is 0. The number of ether oxygens (including phenoxy) is 1. The van der Waals surface area contributed by atoms with Crippen molar-refractivity contribution < 1.29 is 17.5 Å². The van der Waals surface area contributed by atoms with Crippen LogP contribution in [0, 0.1) is 11.7 Å². The summed E-state index contributed by atoms with van der Waals surface area (Å²) in [6.07, 6.45) is 2.78. The van der Waals surface area contributed by atoms with Crippen LogP contribution in [0.25, 0.3) is 0 Å². The minimum Gasteiger partial charge on any atom is -0.489 e. The van der Waals surface area contributed by atoms with E-state index in [0.29, 0.717) is 37.3 Å². The molecule has 1 heterocycles. The molecule has 1 atom stereocenters. The van der Waals surface area contributed by atoms with E-state index in [0.717, 1.165) is 25.9 Å². The van der Waals surface area contributed by atoms with Crippen LogP contribution in [0.2, 0.25) is 0 Å². The fourth-order valence-electron chi connectivity index (χ4n) is 3.03. The van der Waals surface area contributed by atoms with Gasteiger partial charge < -0.3 is 15.4 Å². The molecule has 158 valence electrons. The van der Waals surface area contributed by atoms with Gasteiger partial charge in [0.15, 0.2) is 5.96 Å². The van der Waals surface area contributed by atoms with Crippen molar-refractivity contribution in [3.05, 3.63) is 30.1 Å². The molecular weight excluding hydrogens is 383 g/mol.